The number of aromatic nitrogens is 1. The van der Waals surface area contributed by atoms with Gasteiger partial charge in [0, 0.05) is 28.7 Å². The monoisotopic (exact) mass is 646 g/mol. The van der Waals surface area contributed by atoms with Crippen molar-refractivity contribution in [2.24, 2.45) is 23.7 Å². The van der Waals surface area contributed by atoms with Crippen LogP contribution >= 0.6 is 0 Å². The maximum Gasteiger partial charge on any atom is 0.0982 e. The van der Waals surface area contributed by atoms with Gasteiger partial charge in [-0.25, -0.2) is 4.98 Å². The fourth-order valence-electron chi connectivity index (χ4n) is 10.7. The number of rotatable bonds is 3. The number of hydrogen-bond acceptors (Lipinski definition) is 3. The van der Waals surface area contributed by atoms with Gasteiger partial charge in [0.15, 0.2) is 0 Å². The van der Waals surface area contributed by atoms with Crippen molar-refractivity contribution in [3.05, 3.63) is 173 Å². The van der Waals surface area contributed by atoms with Crippen LogP contribution in [0.4, 0.5) is 0 Å². The summed E-state index contributed by atoms with van der Waals surface area (Å²) >= 11 is 0. The van der Waals surface area contributed by atoms with Crippen LogP contribution in [0.1, 0.15) is 65.7 Å². The molecule has 3 aromatic carbocycles. The summed E-state index contributed by atoms with van der Waals surface area (Å²) in [5.74, 6) is 2.70. The molecule has 0 amide bonds. The Labute approximate surface area is 293 Å². The molecule has 6 aliphatic carbocycles. The van der Waals surface area contributed by atoms with Gasteiger partial charge in [0.25, 0.3) is 0 Å². The van der Waals surface area contributed by atoms with E-state index in [1.165, 1.54) is 62.2 Å². The van der Waals surface area contributed by atoms with Gasteiger partial charge in [-0.05, 0) is 74.4 Å². The van der Waals surface area contributed by atoms with Crippen molar-refractivity contribution in [1.82, 2.24) is 10.3 Å². The van der Waals surface area contributed by atoms with Crippen molar-refractivity contribution in [3.63, 3.8) is 0 Å². The summed E-state index contributed by atoms with van der Waals surface area (Å²) in [5, 5.41) is 4.00. The summed E-state index contributed by atoms with van der Waals surface area (Å²) in [7, 11) is 0. The normalized spacial score (nSPS) is 33.2. The summed E-state index contributed by atoms with van der Waals surface area (Å²) in [6.45, 7) is 4.72. The Morgan fingerprint density at radius 1 is 0.800 bits per heavy atom. The third kappa shape index (κ3) is 3.56. The Hall–Kier alpha value is -4.99. The topological polar surface area (TPSA) is 34.2 Å². The second-order valence-electron chi connectivity index (χ2n) is 16.2. The van der Waals surface area contributed by atoms with Crippen molar-refractivity contribution < 1.29 is 4.74 Å². The Morgan fingerprint density at radius 2 is 1.66 bits per heavy atom. The van der Waals surface area contributed by atoms with E-state index in [4.69, 9.17) is 9.72 Å². The van der Waals surface area contributed by atoms with Crippen molar-refractivity contribution >= 4 is 11.3 Å². The summed E-state index contributed by atoms with van der Waals surface area (Å²) in [4.78, 5) is 5.42. The van der Waals surface area contributed by atoms with Gasteiger partial charge < -0.3 is 10.1 Å². The molecule has 1 aromatic heterocycles. The van der Waals surface area contributed by atoms with Crippen LogP contribution in [0.15, 0.2) is 139 Å². The van der Waals surface area contributed by atoms with Crippen LogP contribution < -0.4 is 5.32 Å². The second kappa shape index (κ2) is 9.41. The van der Waals surface area contributed by atoms with Crippen molar-refractivity contribution in [2.45, 2.75) is 49.3 Å². The molecule has 4 aromatic rings. The number of dihydropyridines is 1. The molecule has 3 heterocycles. The van der Waals surface area contributed by atoms with E-state index in [0.717, 1.165) is 17.0 Å². The van der Waals surface area contributed by atoms with E-state index in [-0.39, 0.29) is 23.2 Å². The van der Waals surface area contributed by atoms with Gasteiger partial charge in [0.05, 0.1) is 34.8 Å². The van der Waals surface area contributed by atoms with Crippen LogP contribution in [0.3, 0.4) is 0 Å². The van der Waals surface area contributed by atoms with Gasteiger partial charge in [0.2, 0.25) is 0 Å². The van der Waals surface area contributed by atoms with Crippen LogP contribution in [0, 0.1) is 23.7 Å². The fraction of sp³-hybridized carbons (Fsp3) is 0.255. The van der Waals surface area contributed by atoms with E-state index < -0.39 is 0 Å². The molecule has 8 aliphatic rings. The first-order chi connectivity index (χ1) is 24.5. The van der Waals surface area contributed by atoms with Gasteiger partial charge in [-0.15, -0.1) is 0 Å². The highest BCUT2D eigenvalue weighted by Gasteiger charge is 2.73. The molecule has 242 valence electrons. The number of nitrogens with zero attached hydrogens (tertiary/aromatic N) is 1. The van der Waals surface area contributed by atoms with Crippen LogP contribution in [-0.2, 0) is 10.2 Å². The molecule has 3 nitrogen and oxygen atoms in total. The minimum atomic E-state index is -0.0940. The highest BCUT2D eigenvalue weighted by molar-refractivity contribution is 5.82. The van der Waals surface area contributed by atoms with Crippen molar-refractivity contribution in [1.29, 1.82) is 0 Å². The molecule has 1 N–H and O–H groups in total. The zero-order chi connectivity index (χ0) is 32.9. The zero-order valence-electron chi connectivity index (χ0n) is 28.3. The lowest BCUT2D eigenvalue weighted by Crippen LogP contribution is -2.26. The number of nitrogens with one attached hydrogen (secondary N) is 1. The lowest BCUT2D eigenvalue weighted by molar-refractivity contribution is 0.0444. The molecule has 0 radical (unpaired) electrons. The molecule has 50 heavy (non-hydrogen) atoms. The minimum Gasteiger partial charge on any atom is -0.373 e. The highest BCUT2D eigenvalue weighted by Crippen LogP contribution is 2.68. The quantitative estimate of drug-likeness (QED) is 0.241. The molecule has 2 saturated carbocycles. The number of fused-ring (bicyclic) bond motifs is 11. The van der Waals surface area contributed by atoms with E-state index >= 15 is 0 Å². The Bertz CT molecular complexity index is 2380. The maximum atomic E-state index is 6.84. The molecule has 8 unspecified atom stereocenters. The standard InChI is InChI=1S/C47H38N2O/c1-46(2)37-11-4-3-8-30(37)31-18-17-28(24-39(31)46)41-22-20-33-36-25-35(36)32-19-21-40(48-43(32)44(33)49-41)27-15-13-26(14-16-27)29-9-7-10-34-42-38-12-5-6-23-47(38,42)50-45(29)34/h3-24,34-36,38,41-42,45,49H,25H2,1-2H3. The molecular formula is C47H38N2O. The Kier molecular flexibility index (Phi) is 5.23. The van der Waals surface area contributed by atoms with Gasteiger partial charge in [0.1, 0.15) is 0 Å². The second-order valence-corrected chi connectivity index (χ2v) is 16.2. The molecular weight excluding hydrogens is 609 g/mol. The van der Waals surface area contributed by atoms with Crippen molar-refractivity contribution in [3.8, 4) is 22.4 Å². The lowest BCUT2D eigenvalue weighted by atomic mass is 9.81. The minimum absolute atomic E-state index is 0.0149. The largest absolute Gasteiger partial charge is 0.373 e. The van der Waals surface area contributed by atoms with Crippen molar-refractivity contribution in [2.75, 3.05) is 0 Å². The molecule has 3 heteroatoms. The predicted molar refractivity (Wildman–Crippen MR) is 200 cm³/mol. The van der Waals surface area contributed by atoms with Crippen LogP contribution in [-0.4, -0.2) is 16.7 Å². The lowest BCUT2D eigenvalue weighted by Gasteiger charge is -2.30. The summed E-state index contributed by atoms with van der Waals surface area (Å²) in [5.41, 5.74) is 16.7. The Morgan fingerprint density at radius 3 is 2.58 bits per heavy atom. The van der Waals surface area contributed by atoms with E-state index in [0.29, 0.717) is 29.6 Å². The number of hydrogen-bond donors (Lipinski definition) is 1. The fourth-order valence-corrected chi connectivity index (χ4v) is 10.7. The predicted octanol–water partition coefficient (Wildman–Crippen LogP) is 9.86. The van der Waals surface area contributed by atoms with Crippen LogP contribution in [0.25, 0.3) is 33.7 Å². The molecule has 2 aliphatic heterocycles. The number of allylic oxidation sites excluding steroid dienone is 6. The maximum absolute atomic E-state index is 6.84. The van der Waals surface area contributed by atoms with E-state index in [1.807, 2.05) is 0 Å². The first-order valence-corrected chi connectivity index (χ1v) is 18.5. The van der Waals surface area contributed by atoms with E-state index in [9.17, 15) is 0 Å². The third-order valence-electron chi connectivity index (χ3n) is 13.4. The molecule has 3 fully saturated rings. The van der Waals surface area contributed by atoms with Gasteiger partial charge >= 0.3 is 0 Å². The molecule has 8 atom stereocenters. The Balaban J connectivity index is 0.843. The highest BCUT2D eigenvalue weighted by atomic mass is 16.5. The zero-order valence-corrected chi connectivity index (χ0v) is 28.3. The SMILES string of the molecule is CC1(C)c2ccccc2-c2ccc(C3C=CC4=C(N3)c3nc(-c5ccc(C6=CC=CC7C6OC68C=CC=CC6C78)cc5)ccc3C3CC43)cc21. The van der Waals surface area contributed by atoms with Crippen LogP contribution in [0.2, 0.25) is 0 Å². The average Bonchev–Trinajstić information content (AvgIpc) is 4.05. The van der Waals surface area contributed by atoms with Gasteiger partial charge in [-0.1, -0.05) is 141 Å². The van der Waals surface area contributed by atoms with E-state index in [2.05, 4.69) is 153 Å². The molecule has 0 bridgehead atoms. The third-order valence-corrected chi connectivity index (χ3v) is 13.4. The summed E-state index contributed by atoms with van der Waals surface area (Å²) < 4.78 is 6.84. The van der Waals surface area contributed by atoms with Gasteiger partial charge in [-0.2, -0.15) is 0 Å². The number of pyridine rings is 1. The van der Waals surface area contributed by atoms with E-state index in [1.54, 1.807) is 0 Å². The first kappa shape index (κ1) is 27.8. The van der Waals surface area contributed by atoms with Gasteiger partial charge in [-0.3, -0.25) is 0 Å². The average molecular weight is 647 g/mol. The molecule has 1 saturated heterocycles. The van der Waals surface area contributed by atoms with Crippen LogP contribution in [0.5, 0.6) is 0 Å². The number of benzene rings is 3. The number of ether oxygens (including phenoxy) is 1. The first-order valence-electron chi connectivity index (χ1n) is 18.5. The molecule has 1 spiro atoms. The smallest absolute Gasteiger partial charge is 0.0982 e. The summed E-state index contributed by atoms with van der Waals surface area (Å²) in [6.07, 6.45) is 21.9. The molecule has 12 rings (SSSR count). The summed E-state index contributed by atoms with van der Waals surface area (Å²) in [6, 6.07) is 29.7.